The van der Waals surface area contributed by atoms with Crippen molar-refractivity contribution in [3.05, 3.63) is 58.6 Å². The number of nitrogens with zero attached hydrogens (tertiary/aromatic N) is 1. The van der Waals surface area contributed by atoms with Gasteiger partial charge in [-0.3, -0.25) is 14.5 Å². The van der Waals surface area contributed by atoms with Crippen LogP contribution in [0.4, 0.5) is 5.69 Å². The number of nitrogens with one attached hydrogen (secondary N) is 2. The number of amides is 2. The summed E-state index contributed by atoms with van der Waals surface area (Å²) in [6.07, 6.45) is 4.26. The number of benzene rings is 2. The maximum absolute atomic E-state index is 12.6. The van der Waals surface area contributed by atoms with Crippen molar-refractivity contribution in [3.8, 4) is 0 Å². The van der Waals surface area contributed by atoms with Crippen LogP contribution in [0.5, 0.6) is 0 Å². The van der Waals surface area contributed by atoms with Crippen molar-refractivity contribution in [1.82, 2.24) is 10.2 Å². The minimum Gasteiger partial charge on any atom is -0.352 e. The Hall–Kier alpha value is -2.02. The first-order valence-electron chi connectivity index (χ1n) is 9.98. The summed E-state index contributed by atoms with van der Waals surface area (Å²) in [5, 5.41) is 6.46. The second-order valence-corrected chi connectivity index (χ2v) is 8.96. The minimum atomic E-state index is -0.179. The first kappa shape index (κ1) is 20.3. The Kier molecular flexibility index (Phi) is 6.43. The first-order valence-corrected chi connectivity index (χ1v) is 11.2. The second-order valence-electron chi connectivity index (χ2n) is 7.40. The largest absolute Gasteiger partial charge is 0.352 e. The smallest absolute Gasteiger partial charge is 0.252 e. The van der Waals surface area contributed by atoms with E-state index in [1.807, 2.05) is 36.4 Å². The van der Waals surface area contributed by atoms with E-state index in [-0.39, 0.29) is 17.2 Å². The lowest BCUT2D eigenvalue weighted by atomic mass is 10.1. The van der Waals surface area contributed by atoms with Crippen LogP contribution in [0.25, 0.3) is 0 Å². The highest BCUT2D eigenvalue weighted by atomic mass is 35.5. The molecule has 2 aromatic rings. The third kappa shape index (κ3) is 4.94. The summed E-state index contributed by atoms with van der Waals surface area (Å²) in [4.78, 5) is 28.4. The molecule has 1 fully saturated rings. The molecule has 0 saturated carbocycles. The van der Waals surface area contributed by atoms with Crippen LogP contribution in [0, 0.1) is 0 Å². The van der Waals surface area contributed by atoms with Crippen LogP contribution in [0.1, 0.15) is 35.2 Å². The lowest BCUT2D eigenvalue weighted by Crippen LogP contribution is -2.46. The van der Waals surface area contributed by atoms with E-state index >= 15 is 0 Å². The summed E-state index contributed by atoms with van der Waals surface area (Å²) in [6, 6.07) is 13.1. The number of rotatable bonds is 5. The predicted octanol–water partition coefficient (Wildman–Crippen LogP) is 4.17. The average molecular weight is 430 g/mol. The topological polar surface area (TPSA) is 61.4 Å². The van der Waals surface area contributed by atoms with Crippen molar-refractivity contribution in [3.63, 3.8) is 0 Å². The number of fused-ring (bicyclic) bond motifs is 1. The minimum absolute atomic E-state index is 0.00435. The summed E-state index contributed by atoms with van der Waals surface area (Å²) in [7, 11) is 0. The summed E-state index contributed by atoms with van der Waals surface area (Å²) >= 11 is 7.47. The van der Waals surface area contributed by atoms with Gasteiger partial charge in [-0.05, 0) is 68.2 Å². The van der Waals surface area contributed by atoms with Gasteiger partial charge in [-0.1, -0.05) is 41.9 Å². The van der Waals surface area contributed by atoms with Crippen LogP contribution in [0.3, 0.4) is 0 Å². The molecule has 7 heteroatoms. The van der Waals surface area contributed by atoms with E-state index < -0.39 is 0 Å². The molecule has 2 aliphatic heterocycles. The number of likely N-dealkylation sites (tertiary alicyclic amines) is 1. The monoisotopic (exact) mass is 429 g/mol. The molecule has 1 saturated heterocycles. The van der Waals surface area contributed by atoms with E-state index in [0.29, 0.717) is 17.1 Å². The number of carbonyl (C=O) groups is 2. The van der Waals surface area contributed by atoms with Gasteiger partial charge in [0, 0.05) is 22.0 Å². The van der Waals surface area contributed by atoms with Crippen molar-refractivity contribution in [2.45, 2.75) is 36.0 Å². The van der Waals surface area contributed by atoms with Gasteiger partial charge < -0.3 is 10.6 Å². The van der Waals surface area contributed by atoms with Gasteiger partial charge in [0.2, 0.25) is 0 Å². The Bertz CT molecular complexity index is 897. The number of piperidine rings is 1. The number of thioether (sulfide) groups is 1. The van der Waals surface area contributed by atoms with Crippen molar-refractivity contribution < 1.29 is 9.59 Å². The molecule has 5 nitrogen and oxygen atoms in total. The standard InChI is InChI=1S/C22H24ClN3O2S/c23-17-7-4-15(5-8-17)10-11-24-20(27)16-6-9-19-18(14-16)25-21(28)22(29-19)26-12-2-1-3-13-26/h4-9,14,22H,1-3,10-13H2,(H,24,27)(H,25,28). The summed E-state index contributed by atoms with van der Waals surface area (Å²) < 4.78 is 0. The lowest BCUT2D eigenvalue weighted by Gasteiger charge is -2.35. The molecule has 1 unspecified atom stereocenters. The molecule has 2 aliphatic rings. The molecule has 2 amide bonds. The SMILES string of the molecule is O=C(NCCc1ccc(Cl)cc1)c1ccc2c(c1)NC(=O)C(N1CCCCC1)S2. The van der Waals surface area contributed by atoms with Crippen molar-refractivity contribution in [2.24, 2.45) is 0 Å². The summed E-state index contributed by atoms with van der Waals surface area (Å²) in [5.74, 6) is -0.135. The summed E-state index contributed by atoms with van der Waals surface area (Å²) in [5.41, 5.74) is 2.39. The van der Waals surface area contributed by atoms with Gasteiger partial charge >= 0.3 is 0 Å². The molecule has 0 spiro atoms. The van der Waals surface area contributed by atoms with Gasteiger partial charge in [-0.2, -0.15) is 0 Å². The maximum atomic E-state index is 12.6. The molecule has 2 heterocycles. The third-order valence-corrected chi connectivity index (χ3v) is 6.89. The number of carbonyl (C=O) groups excluding carboxylic acids is 2. The highest BCUT2D eigenvalue weighted by Gasteiger charge is 2.33. The molecule has 0 aromatic heterocycles. The van der Waals surface area contributed by atoms with Gasteiger partial charge in [0.1, 0.15) is 5.37 Å². The zero-order chi connectivity index (χ0) is 20.2. The third-order valence-electron chi connectivity index (χ3n) is 5.30. The molecular weight excluding hydrogens is 406 g/mol. The van der Waals surface area contributed by atoms with Crippen molar-refractivity contribution in [2.75, 3.05) is 25.0 Å². The van der Waals surface area contributed by atoms with Crippen LogP contribution in [-0.2, 0) is 11.2 Å². The fraction of sp³-hybridized carbons (Fsp3) is 0.364. The van der Waals surface area contributed by atoms with E-state index in [1.54, 1.807) is 17.8 Å². The van der Waals surface area contributed by atoms with E-state index in [1.165, 1.54) is 6.42 Å². The quantitative estimate of drug-likeness (QED) is 0.748. The van der Waals surface area contributed by atoms with Crippen LogP contribution in [-0.4, -0.2) is 41.7 Å². The summed E-state index contributed by atoms with van der Waals surface area (Å²) in [6.45, 7) is 2.47. The molecule has 0 aliphatic carbocycles. The van der Waals surface area contributed by atoms with Gasteiger partial charge in [0.05, 0.1) is 5.69 Å². The van der Waals surface area contributed by atoms with Crippen molar-refractivity contribution >= 4 is 40.9 Å². The Morgan fingerprint density at radius 2 is 1.90 bits per heavy atom. The van der Waals surface area contributed by atoms with Crippen LogP contribution < -0.4 is 10.6 Å². The maximum Gasteiger partial charge on any atom is 0.252 e. The zero-order valence-electron chi connectivity index (χ0n) is 16.1. The molecular formula is C22H24ClN3O2S. The highest BCUT2D eigenvalue weighted by molar-refractivity contribution is 8.00. The molecule has 29 heavy (non-hydrogen) atoms. The van der Waals surface area contributed by atoms with Gasteiger partial charge in [0.15, 0.2) is 0 Å². The second kappa shape index (κ2) is 9.20. The fourth-order valence-corrected chi connectivity index (χ4v) is 4.98. The van der Waals surface area contributed by atoms with E-state index in [4.69, 9.17) is 11.6 Å². The highest BCUT2D eigenvalue weighted by Crippen LogP contribution is 2.38. The van der Waals surface area contributed by atoms with Crippen LogP contribution in [0.15, 0.2) is 47.4 Å². The van der Waals surface area contributed by atoms with Gasteiger partial charge in [-0.15, -0.1) is 0 Å². The fourth-order valence-electron chi connectivity index (χ4n) is 3.71. The van der Waals surface area contributed by atoms with Crippen LogP contribution >= 0.6 is 23.4 Å². The molecule has 2 aromatic carbocycles. The Balaban J connectivity index is 1.36. The first-order chi connectivity index (χ1) is 14.1. The predicted molar refractivity (Wildman–Crippen MR) is 118 cm³/mol. The lowest BCUT2D eigenvalue weighted by molar-refractivity contribution is -0.118. The Morgan fingerprint density at radius 3 is 2.66 bits per heavy atom. The van der Waals surface area contributed by atoms with Gasteiger partial charge in [0.25, 0.3) is 11.8 Å². The Morgan fingerprint density at radius 1 is 1.14 bits per heavy atom. The number of halogens is 1. The van der Waals surface area contributed by atoms with Gasteiger partial charge in [-0.25, -0.2) is 0 Å². The number of anilines is 1. The molecule has 152 valence electrons. The van der Waals surface area contributed by atoms with Crippen LogP contribution in [0.2, 0.25) is 5.02 Å². The van der Waals surface area contributed by atoms with E-state index in [9.17, 15) is 9.59 Å². The molecule has 1 atom stereocenters. The normalized spacial score (nSPS) is 19.3. The van der Waals surface area contributed by atoms with Crippen molar-refractivity contribution in [1.29, 1.82) is 0 Å². The molecule has 4 rings (SSSR count). The Labute approximate surface area is 180 Å². The molecule has 0 radical (unpaired) electrons. The van der Waals surface area contributed by atoms with E-state index in [0.717, 1.165) is 48.5 Å². The average Bonchev–Trinajstić information content (AvgIpc) is 2.75. The zero-order valence-corrected chi connectivity index (χ0v) is 17.7. The number of hydrogen-bond acceptors (Lipinski definition) is 4. The molecule has 2 N–H and O–H groups in total. The van der Waals surface area contributed by atoms with E-state index in [2.05, 4.69) is 15.5 Å². The molecule has 0 bridgehead atoms. The number of hydrogen-bond donors (Lipinski definition) is 2.